The number of carbonyl (C=O) groups is 3. The van der Waals surface area contributed by atoms with Crippen molar-refractivity contribution in [2.24, 2.45) is 56.7 Å². The topological polar surface area (TPSA) is 120 Å². The summed E-state index contributed by atoms with van der Waals surface area (Å²) >= 11 is 0. The molecule has 9 atom stereocenters. The number of anilines is 1. The molecule has 9 nitrogen and oxygen atoms in total. The van der Waals surface area contributed by atoms with Crippen LogP contribution in [0.25, 0.3) is 0 Å². The van der Waals surface area contributed by atoms with E-state index in [9.17, 15) is 19.5 Å². The summed E-state index contributed by atoms with van der Waals surface area (Å²) in [6.07, 6.45) is 10.9. The smallest absolute Gasteiger partial charge is 0.307 e. The third-order valence-corrected chi connectivity index (χ3v) is 16.2. The molecule has 306 valence electrons. The highest BCUT2D eigenvalue weighted by Crippen LogP contribution is 2.73. The third kappa shape index (κ3) is 7.26. The summed E-state index contributed by atoms with van der Waals surface area (Å²) in [5.41, 5.74) is 1.36. The van der Waals surface area contributed by atoms with E-state index in [1.54, 1.807) is 13.8 Å². The minimum atomic E-state index is -0.714. The van der Waals surface area contributed by atoms with Crippen LogP contribution in [0.2, 0.25) is 0 Å². The zero-order chi connectivity index (χ0) is 40.1. The second-order valence-corrected chi connectivity index (χ2v) is 20.3. The number of β-amino-alcohol motifs (C(OH)–C–C–N with tert-alkyl or cyclic N) is 1. The minimum Gasteiger partial charge on any atom is -0.462 e. The molecule has 7 rings (SSSR count). The van der Waals surface area contributed by atoms with Gasteiger partial charge in [0, 0.05) is 68.7 Å². The highest BCUT2D eigenvalue weighted by molar-refractivity contribution is 6.00. The van der Waals surface area contributed by atoms with Crippen molar-refractivity contribution in [2.45, 2.75) is 132 Å². The Morgan fingerprint density at radius 2 is 1.65 bits per heavy atom. The SMILES string of the molecule is CC(C)C1=C2C3CCC4C(C)(CCC5C(C)(C)C(OC(=O)CC(C)(C)C=O)CCC54C)C3CCC2(C(O)CN2CCN(c3ccccn3)CC2)CC1=O.CO. The van der Waals surface area contributed by atoms with Crippen molar-refractivity contribution in [3.05, 3.63) is 35.5 Å². The largest absolute Gasteiger partial charge is 0.462 e. The fourth-order valence-corrected chi connectivity index (χ4v) is 13.7. The number of pyridine rings is 1. The lowest BCUT2D eigenvalue weighted by Crippen LogP contribution is -2.63. The van der Waals surface area contributed by atoms with Gasteiger partial charge < -0.3 is 24.6 Å². The van der Waals surface area contributed by atoms with Crippen LogP contribution in [-0.4, -0.2) is 90.2 Å². The Morgan fingerprint density at radius 1 is 0.964 bits per heavy atom. The molecule has 2 heterocycles. The molecule has 1 saturated heterocycles. The predicted molar refractivity (Wildman–Crippen MR) is 216 cm³/mol. The van der Waals surface area contributed by atoms with Gasteiger partial charge in [0.15, 0.2) is 5.78 Å². The number of hydrogen-bond donors (Lipinski definition) is 2. The number of carbonyl (C=O) groups excluding carboxylic acids is 3. The molecule has 1 aliphatic heterocycles. The lowest BCUT2D eigenvalue weighted by atomic mass is 9.36. The number of aliphatic hydroxyl groups excluding tert-OH is 2. The molecule has 0 bridgehead atoms. The van der Waals surface area contributed by atoms with Crippen molar-refractivity contribution in [3.63, 3.8) is 0 Å². The molecule has 9 unspecified atom stereocenters. The molecule has 0 radical (unpaired) electrons. The molecule has 55 heavy (non-hydrogen) atoms. The number of aldehydes is 1. The number of nitrogens with zero attached hydrogens (tertiary/aromatic N) is 3. The van der Waals surface area contributed by atoms with E-state index in [2.05, 4.69) is 62.4 Å². The summed E-state index contributed by atoms with van der Waals surface area (Å²) in [7, 11) is 1.00. The van der Waals surface area contributed by atoms with Crippen LogP contribution in [0.15, 0.2) is 35.5 Å². The number of Topliss-reactive ketones (excluding diaryl/α,β-unsaturated/α-hetero) is 1. The van der Waals surface area contributed by atoms with E-state index < -0.39 is 16.9 Å². The average Bonchev–Trinajstić information content (AvgIpc) is 3.47. The Bertz CT molecular complexity index is 1600. The maximum atomic E-state index is 14.1. The number of allylic oxidation sites excluding steroid dienone is 1. The van der Waals surface area contributed by atoms with Crippen molar-refractivity contribution in [1.82, 2.24) is 9.88 Å². The van der Waals surface area contributed by atoms with Gasteiger partial charge in [-0.1, -0.05) is 67.0 Å². The molecule has 0 aromatic carbocycles. The van der Waals surface area contributed by atoms with E-state index in [1.807, 2.05) is 18.3 Å². The van der Waals surface area contributed by atoms with Crippen LogP contribution in [0.1, 0.15) is 120 Å². The number of esters is 1. The van der Waals surface area contributed by atoms with Gasteiger partial charge in [-0.2, -0.15) is 0 Å². The number of aromatic nitrogens is 1. The Balaban J connectivity index is 0.00000253. The second kappa shape index (κ2) is 15.6. The zero-order valence-corrected chi connectivity index (χ0v) is 35.4. The third-order valence-electron chi connectivity index (χ3n) is 16.2. The van der Waals surface area contributed by atoms with Crippen LogP contribution in [0.3, 0.4) is 0 Å². The van der Waals surface area contributed by atoms with E-state index in [1.165, 1.54) is 5.57 Å². The first-order valence-electron chi connectivity index (χ1n) is 21.4. The van der Waals surface area contributed by atoms with Gasteiger partial charge >= 0.3 is 5.97 Å². The molecular formula is C46H71N3O6. The average molecular weight is 762 g/mol. The van der Waals surface area contributed by atoms with E-state index in [-0.39, 0.29) is 46.4 Å². The van der Waals surface area contributed by atoms with Crippen LogP contribution in [0.5, 0.6) is 0 Å². The molecule has 5 aliphatic carbocycles. The molecule has 1 aromatic heterocycles. The lowest BCUT2D eigenvalue weighted by Gasteiger charge is -2.69. The minimum absolute atomic E-state index is 0.115. The highest BCUT2D eigenvalue weighted by Gasteiger charge is 2.67. The van der Waals surface area contributed by atoms with Crippen LogP contribution in [0, 0.1) is 56.7 Å². The zero-order valence-electron chi connectivity index (χ0n) is 35.4. The Morgan fingerprint density at radius 3 is 2.29 bits per heavy atom. The molecule has 4 saturated carbocycles. The summed E-state index contributed by atoms with van der Waals surface area (Å²) in [4.78, 5) is 48.0. The number of ketones is 1. The van der Waals surface area contributed by atoms with Gasteiger partial charge in [-0.3, -0.25) is 14.5 Å². The van der Waals surface area contributed by atoms with Crippen molar-refractivity contribution >= 4 is 23.9 Å². The Hall–Kier alpha value is -2.62. The summed E-state index contributed by atoms with van der Waals surface area (Å²) in [5.74, 6) is 3.04. The maximum absolute atomic E-state index is 14.1. The lowest BCUT2D eigenvalue weighted by molar-refractivity contribution is -0.214. The van der Waals surface area contributed by atoms with Gasteiger partial charge in [0.05, 0.1) is 12.5 Å². The fourth-order valence-electron chi connectivity index (χ4n) is 13.7. The van der Waals surface area contributed by atoms with E-state index in [0.717, 1.165) is 102 Å². The number of ether oxygens (including phenoxy) is 1. The number of aliphatic hydroxyl groups is 2. The van der Waals surface area contributed by atoms with Gasteiger partial charge in [0.2, 0.25) is 0 Å². The first-order valence-corrected chi connectivity index (χ1v) is 21.4. The van der Waals surface area contributed by atoms with Crippen LogP contribution < -0.4 is 4.90 Å². The summed E-state index contributed by atoms with van der Waals surface area (Å²) in [5, 5.41) is 19.4. The van der Waals surface area contributed by atoms with Crippen LogP contribution >= 0.6 is 0 Å². The Kier molecular flexibility index (Phi) is 11.9. The number of hydrogen-bond acceptors (Lipinski definition) is 9. The van der Waals surface area contributed by atoms with Crippen molar-refractivity contribution in [1.29, 1.82) is 0 Å². The maximum Gasteiger partial charge on any atom is 0.307 e. The fraction of sp³-hybridized carbons (Fsp3) is 0.783. The molecule has 0 amide bonds. The van der Waals surface area contributed by atoms with Gasteiger partial charge in [-0.05, 0) is 109 Å². The van der Waals surface area contributed by atoms with Crippen molar-refractivity contribution in [3.8, 4) is 0 Å². The van der Waals surface area contributed by atoms with Crippen LogP contribution in [-0.2, 0) is 19.1 Å². The standard InChI is InChI=1S/C45H67N3O5.CH4O/c1-29(2)39-32(50)25-45(35(51)27-47-21-23-48(24-22-47)37-11-9-10-20-46-37)19-14-31-30(40(39)45)12-13-34-43(31,7)17-15-33-42(5,6)36(16-18-44(33,34)8)53-38(52)26-41(3,4)28-49;1-2/h9-11,20,28-31,33-36,51H,12-19,21-27H2,1-8H3;2H,1H3. The molecule has 6 aliphatic rings. The molecule has 0 spiro atoms. The molecule has 2 N–H and O–H groups in total. The quantitative estimate of drug-likeness (QED) is 0.198. The van der Waals surface area contributed by atoms with Crippen LogP contribution in [0.4, 0.5) is 5.82 Å². The van der Waals surface area contributed by atoms with E-state index >= 15 is 0 Å². The Labute approximate surface area is 331 Å². The van der Waals surface area contributed by atoms with Gasteiger partial charge in [0.1, 0.15) is 18.2 Å². The summed E-state index contributed by atoms with van der Waals surface area (Å²) in [6.45, 7) is 21.9. The number of rotatable bonds is 9. The van der Waals surface area contributed by atoms with Gasteiger partial charge in [-0.15, -0.1) is 0 Å². The molecule has 9 heteroatoms. The highest BCUT2D eigenvalue weighted by atomic mass is 16.5. The molecular weight excluding hydrogens is 691 g/mol. The number of piperazine rings is 1. The van der Waals surface area contributed by atoms with Crippen molar-refractivity contribution < 1.29 is 29.3 Å². The summed E-state index contributed by atoms with van der Waals surface area (Å²) in [6, 6.07) is 6.06. The summed E-state index contributed by atoms with van der Waals surface area (Å²) < 4.78 is 6.22. The van der Waals surface area contributed by atoms with Gasteiger partial charge in [0.25, 0.3) is 0 Å². The molecule has 1 aromatic rings. The monoisotopic (exact) mass is 762 g/mol. The van der Waals surface area contributed by atoms with E-state index in [4.69, 9.17) is 9.84 Å². The predicted octanol–water partition coefficient (Wildman–Crippen LogP) is 7.29. The molecule has 5 fully saturated rings. The first-order chi connectivity index (χ1) is 26.0. The first kappa shape index (κ1) is 42.0. The number of fused-ring (bicyclic) bond motifs is 7. The second-order valence-electron chi connectivity index (χ2n) is 20.3. The van der Waals surface area contributed by atoms with Gasteiger partial charge in [-0.25, -0.2) is 4.98 Å². The normalized spacial score (nSPS) is 36.5. The van der Waals surface area contributed by atoms with Crippen molar-refractivity contribution in [2.75, 3.05) is 44.7 Å². The van der Waals surface area contributed by atoms with E-state index in [0.29, 0.717) is 36.6 Å².